The number of hydrogen-bond donors (Lipinski definition) is 4. The molecule has 0 aliphatic rings. The van der Waals surface area contributed by atoms with Crippen LogP contribution in [-0.4, -0.2) is 64.9 Å². The second kappa shape index (κ2) is 43.8. The SMILES string of the molecule is CC/C=C\C/C=C\C/C=C\C/C=C\C/C=C\CCCCCCCCCC(=O)NC(COP(=O)(O)OCC(O)COC(=O)CCCCCCCCCCCCCCCC)C(=O)O. The summed E-state index contributed by atoms with van der Waals surface area (Å²) in [4.78, 5) is 46.0. The first kappa shape index (κ1) is 58.2. The molecular weight excluding hydrogens is 794 g/mol. The Bertz CT molecular complexity index is 1260. The number of nitrogens with one attached hydrogen (secondary N) is 1. The molecule has 0 bridgehead atoms. The van der Waals surface area contributed by atoms with Gasteiger partial charge in [0.15, 0.2) is 6.04 Å². The third kappa shape index (κ3) is 43.6. The summed E-state index contributed by atoms with van der Waals surface area (Å²) in [6.07, 6.45) is 50.9. The first-order valence-corrected chi connectivity index (χ1v) is 25.3. The third-order valence-corrected chi connectivity index (χ3v) is 11.0. The zero-order valence-corrected chi connectivity index (χ0v) is 39.1. The Morgan fingerprint density at radius 3 is 1.43 bits per heavy atom. The highest BCUT2D eigenvalue weighted by Crippen LogP contribution is 2.43. The smallest absolute Gasteiger partial charge is 0.472 e. The standard InChI is InChI=1S/C49H86NO10P/c1-3-5-7-9-11-13-15-17-19-20-21-22-23-24-25-26-27-28-30-32-34-36-38-40-47(52)50-46(49(54)55)44-60-61(56,57)59-43-45(51)42-58-48(53)41-39-37-35-33-31-29-18-16-14-12-10-8-6-4-2/h5,7,11,13,17,19,21-22,24-25,45-46,51H,3-4,6,8-10,12,14-16,18,20,23,26-44H2,1-2H3,(H,50,52)(H,54,55)(H,56,57)/b7-5-,13-11-,19-17-,22-21-,25-24-. The zero-order chi connectivity index (χ0) is 44.9. The van der Waals surface area contributed by atoms with Crippen LogP contribution < -0.4 is 5.32 Å². The summed E-state index contributed by atoms with van der Waals surface area (Å²) in [5.74, 6) is -2.39. The molecule has 0 radical (unpaired) electrons. The first-order chi connectivity index (χ1) is 29.6. The summed E-state index contributed by atoms with van der Waals surface area (Å²) in [5.41, 5.74) is 0. The Morgan fingerprint density at radius 2 is 0.951 bits per heavy atom. The Hall–Kier alpha value is -2.82. The lowest BCUT2D eigenvalue weighted by Gasteiger charge is -2.18. The number of aliphatic hydroxyl groups excluding tert-OH is 1. The highest BCUT2D eigenvalue weighted by atomic mass is 31.2. The van der Waals surface area contributed by atoms with E-state index in [2.05, 4.69) is 79.9 Å². The van der Waals surface area contributed by atoms with Crippen LogP contribution in [-0.2, 0) is 32.7 Å². The van der Waals surface area contributed by atoms with Crippen LogP contribution in [0.3, 0.4) is 0 Å². The Kier molecular flexibility index (Phi) is 41.8. The predicted molar refractivity (Wildman–Crippen MR) is 249 cm³/mol. The minimum atomic E-state index is -4.76. The van der Waals surface area contributed by atoms with Gasteiger partial charge in [-0.3, -0.25) is 18.6 Å². The summed E-state index contributed by atoms with van der Waals surface area (Å²) in [6, 6.07) is -1.56. The van der Waals surface area contributed by atoms with Crippen LogP contribution in [0.5, 0.6) is 0 Å². The molecule has 3 atom stereocenters. The van der Waals surface area contributed by atoms with E-state index in [1.807, 2.05) is 0 Å². The van der Waals surface area contributed by atoms with Crippen LogP contribution in [0.1, 0.15) is 200 Å². The van der Waals surface area contributed by atoms with E-state index in [9.17, 15) is 34.1 Å². The molecule has 0 aromatic rings. The molecule has 1 amide bonds. The van der Waals surface area contributed by atoms with Crippen molar-refractivity contribution in [1.29, 1.82) is 0 Å². The van der Waals surface area contributed by atoms with Crippen molar-refractivity contribution in [1.82, 2.24) is 5.32 Å². The molecule has 0 aliphatic heterocycles. The minimum Gasteiger partial charge on any atom is -0.480 e. The van der Waals surface area contributed by atoms with Gasteiger partial charge in [0.1, 0.15) is 12.7 Å². The van der Waals surface area contributed by atoms with Crippen LogP contribution in [0.15, 0.2) is 60.8 Å². The van der Waals surface area contributed by atoms with E-state index >= 15 is 0 Å². The zero-order valence-electron chi connectivity index (χ0n) is 38.2. The maximum absolute atomic E-state index is 12.4. The van der Waals surface area contributed by atoms with Gasteiger partial charge in [0, 0.05) is 12.8 Å². The monoisotopic (exact) mass is 880 g/mol. The van der Waals surface area contributed by atoms with Crippen molar-refractivity contribution in [3.05, 3.63) is 60.8 Å². The molecule has 3 unspecified atom stereocenters. The van der Waals surface area contributed by atoms with E-state index in [1.165, 1.54) is 64.2 Å². The molecule has 0 rings (SSSR count). The summed E-state index contributed by atoms with van der Waals surface area (Å²) in [5, 5.41) is 21.9. The van der Waals surface area contributed by atoms with Crippen molar-refractivity contribution in [2.24, 2.45) is 0 Å². The van der Waals surface area contributed by atoms with E-state index in [4.69, 9.17) is 13.8 Å². The van der Waals surface area contributed by atoms with Gasteiger partial charge in [0.05, 0.1) is 13.2 Å². The number of aliphatic hydroxyl groups is 1. The fraction of sp³-hybridized carbons (Fsp3) is 0.735. The number of esters is 1. The maximum atomic E-state index is 12.4. The number of aliphatic carboxylic acids is 1. The molecule has 0 saturated carbocycles. The van der Waals surface area contributed by atoms with Gasteiger partial charge in [-0.2, -0.15) is 0 Å². The van der Waals surface area contributed by atoms with Crippen molar-refractivity contribution >= 4 is 25.7 Å². The average Bonchev–Trinajstić information content (AvgIpc) is 3.24. The van der Waals surface area contributed by atoms with E-state index in [0.717, 1.165) is 96.3 Å². The van der Waals surface area contributed by atoms with E-state index in [-0.39, 0.29) is 12.8 Å². The second-order valence-corrected chi connectivity index (χ2v) is 17.4. The lowest BCUT2D eigenvalue weighted by molar-refractivity contribution is -0.147. The minimum absolute atomic E-state index is 0.130. The number of hydrogen-bond acceptors (Lipinski definition) is 8. The summed E-state index contributed by atoms with van der Waals surface area (Å²) in [6.45, 7) is 2.48. The van der Waals surface area contributed by atoms with Gasteiger partial charge in [-0.05, 0) is 57.8 Å². The number of allylic oxidation sites excluding steroid dienone is 10. The van der Waals surface area contributed by atoms with E-state index < -0.39 is 57.6 Å². The summed E-state index contributed by atoms with van der Waals surface area (Å²) < 4.78 is 26.9. The number of unbranched alkanes of at least 4 members (excludes halogenated alkanes) is 20. The molecule has 0 heterocycles. The lowest BCUT2D eigenvalue weighted by atomic mass is 10.0. The molecule has 0 aromatic carbocycles. The van der Waals surface area contributed by atoms with Gasteiger partial charge >= 0.3 is 19.8 Å². The molecule has 0 saturated heterocycles. The van der Waals surface area contributed by atoms with Gasteiger partial charge < -0.3 is 25.2 Å². The number of amides is 1. The number of carboxylic acids is 1. The van der Waals surface area contributed by atoms with Crippen LogP contribution >= 0.6 is 7.82 Å². The fourth-order valence-electron chi connectivity index (χ4n) is 6.40. The third-order valence-electron chi connectivity index (χ3n) is 10.1. The molecule has 0 aliphatic carbocycles. The Morgan fingerprint density at radius 1 is 0.541 bits per heavy atom. The molecule has 4 N–H and O–H groups in total. The molecule has 0 fully saturated rings. The molecule has 0 spiro atoms. The average molecular weight is 880 g/mol. The molecule has 352 valence electrons. The van der Waals surface area contributed by atoms with Crippen molar-refractivity contribution in [3.8, 4) is 0 Å². The summed E-state index contributed by atoms with van der Waals surface area (Å²) >= 11 is 0. The number of carbonyl (C=O) groups excluding carboxylic acids is 2. The molecular formula is C49H86NO10P. The number of ether oxygens (including phenoxy) is 1. The maximum Gasteiger partial charge on any atom is 0.472 e. The van der Waals surface area contributed by atoms with Gasteiger partial charge in [-0.25, -0.2) is 9.36 Å². The van der Waals surface area contributed by atoms with Gasteiger partial charge in [-0.1, -0.05) is 190 Å². The molecule has 0 aromatic heterocycles. The predicted octanol–water partition coefficient (Wildman–Crippen LogP) is 12.7. The van der Waals surface area contributed by atoms with Crippen LogP contribution in [0, 0.1) is 0 Å². The van der Waals surface area contributed by atoms with Gasteiger partial charge in [-0.15, -0.1) is 0 Å². The Balaban J connectivity index is 3.90. The lowest BCUT2D eigenvalue weighted by Crippen LogP contribution is -2.43. The molecule has 11 nitrogen and oxygen atoms in total. The van der Waals surface area contributed by atoms with Crippen molar-refractivity contribution in [3.63, 3.8) is 0 Å². The molecule has 61 heavy (non-hydrogen) atoms. The summed E-state index contributed by atoms with van der Waals surface area (Å²) in [7, 11) is -4.76. The number of rotatable bonds is 44. The van der Waals surface area contributed by atoms with Crippen LogP contribution in [0.2, 0.25) is 0 Å². The fourth-order valence-corrected chi connectivity index (χ4v) is 7.17. The van der Waals surface area contributed by atoms with E-state index in [0.29, 0.717) is 12.8 Å². The number of phosphoric ester groups is 1. The molecule has 12 heteroatoms. The highest BCUT2D eigenvalue weighted by molar-refractivity contribution is 7.47. The van der Waals surface area contributed by atoms with Gasteiger partial charge in [0.25, 0.3) is 0 Å². The van der Waals surface area contributed by atoms with Crippen LogP contribution in [0.4, 0.5) is 0 Å². The highest BCUT2D eigenvalue weighted by Gasteiger charge is 2.28. The van der Waals surface area contributed by atoms with E-state index in [1.54, 1.807) is 0 Å². The van der Waals surface area contributed by atoms with Crippen LogP contribution in [0.25, 0.3) is 0 Å². The van der Waals surface area contributed by atoms with Gasteiger partial charge in [0.2, 0.25) is 5.91 Å². The van der Waals surface area contributed by atoms with Crippen molar-refractivity contribution < 1.29 is 47.8 Å². The van der Waals surface area contributed by atoms with Crippen molar-refractivity contribution in [2.45, 2.75) is 212 Å². The first-order valence-electron chi connectivity index (χ1n) is 23.8. The Labute approximate surface area is 370 Å². The quantitative estimate of drug-likeness (QED) is 0.0200. The van der Waals surface area contributed by atoms with Crippen molar-refractivity contribution in [2.75, 3.05) is 19.8 Å². The number of phosphoric acid groups is 1. The largest absolute Gasteiger partial charge is 0.480 e. The number of carbonyl (C=O) groups is 3. The topological polar surface area (TPSA) is 169 Å². The normalized spacial score (nSPS) is 14.2. The number of carboxylic acid groups (broad SMARTS) is 1. The second-order valence-electron chi connectivity index (χ2n) is 15.9.